The normalized spacial score (nSPS) is 13.3. The Bertz CT molecular complexity index is 722. The molecule has 0 rings (SSSR count). The number of amides is 1. The standard InChI is InChI=1S/C21H31NO8/c1-9-13(15(23)10-2)17(25)28-16(24)12-11-14(18(26)29-20(3,4)5)22-19(27)30-21(6,7)8/h9-10,14,23H,1-2,11-12H2,3-8H3,(H,22,27)/b15-13-. The zero-order chi connectivity index (χ0) is 23.7. The summed E-state index contributed by atoms with van der Waals surface area (Å²) in [5.74, 6) is -3.37. The Hall–Kier alpha value is -3.10. The van der Waals surface area contributed by atoms with E-state index in [0.29, 0.717) is 0 Å². The number of carbonyl (C=O) groups excluding carboxylic acids is 4. The first-order valence-electron chi connectivity index (χ1n) is 9.25. The highest BCUT2D eigenvalue weighted by molar-refractivity contribution is 5.99. The molecule has 0 saturated heterocycles. The van der Waals surface area contributed by atoms with Crippen LogP contribution in [0.1, 0.15) is 54.4 Å². The summed E-state index contributed by atoms with van der Waals surface area (Å²) in [5, 5.41) is 11.9. The summed E-state index contributed by atoms with van der Waals surface area (Å²) in [4.78, 5) is 48.4. The SMILES string of the molecule is C=C/C(O)=C(\C=C)C(=O)OC(=O)CCC(NC(=O)OC(C)(C)C)C(=O)OC(C)(C)C. The number of hydrogen-bond donors (Lipinski definition) is 2. The zero-order valence-electron chi connectivity index (χ0n) is 18.4. The summed E-state index contributed by atoms with van der Waals surface area (Å²) in [6.45, 7) is 16.6. The van der Waals surface area contributed by atoms with Crippen LogP contribution in [0.2, 0.25) is 0 Å². The Kier molecular flexibility index (Phi) is 10.0. The third-order valence-electron chi connectivity index (χ3n) is 3.12. The fourth-order valence-electron chi connectivity index (χ4n) is 1.95. The summed E-state index contributed by atoms with van der Waals surface area (Å²) < 4.78 is 15.0. The molecule has 0 aromatic heterocycles. The van der Waals surface area contributed by atoms with Gasteiger partial charge < -0.3 is 24.6 Å². The lowest BCUT2D eigenvalue weighted by Gasteiger charge is -2.26. The van der Waals surface area contributed by atoms with E-state index >= 15 is 0 Å². The van der Waals surface area contributed by atoms with Gasteiger partial charge in [0.2, 0.25) is 0 Å². The molecular weight excluding hydrogens is 394 g/mol. The lowest BCUT2D eigenvalue weighted by atomic mass is 10.1. The molecule has 1 atom stereocenters. The van der Waals surface area contributed by atoms with Gasteiger partial charge in [0.25, 0.3) is 0 Å². The summed E-state index contributed by atoms with van der Waals surface area (Å²) >= 11 is 0. The van der Waals surface area contributed by atoms with Crippen LogP contribution in [0.3, 0.4) is 0 Å². The van der Waals surface area contributed by atoms with Crippen LogP contribution in [0.25, 0.3) is 0 Å². The van der Waals surface area contributed by atoms with Crippen molar-refractivity contribution in [2.75, 3.05) is 0 Å². The number of nitrogens with one attached hydrogen (secondary N) is 1. The molecule has 0 aliphatic heterocycles. The maximum absolute atomic E-state index is 12.4. The van der Waals surface area contributed by atoms with Crippen molar-refractivity contribution >= 4 is 24.0 Å². The van der Waals surface area contributed by atoms with Crippen molar-refractivity contribution in [3.05, 3.63) is 36.6 Å². The Morgan fingerprint density at radius 1 is 0.967 bits per heavy atom. The van der Waals surface area contributed by atoms with Gasteiger partial charge in [0, 0.05) is 6.42 Å². The monoisotopic (exact) mass is 425 g/mol. The molecular formula is C21H31NO8. The van der Waals surface area contributed by atoms with Crippen molar-refractivity contribution in [2.24, 2.45) is 0 Å². The molecule has 0 saturated carbocycles. The molecule has 0 spiro atoms. The zero-order valence-corrected chi connectivity index (χ0v) is 18.4. The lowest BCUT2D eigenvalue weighted by Crippen LogP contribution is -2.46. The minimum Gasteiger partial charge on any atom is -0.507 e. The number of allylic oxidation sites excluding steroid dienone is 1. The van der Waals surface area contributed by atoms with Gasteiger partial charge in [-0.1, -0.05) is 19.2 Å². The van der Waals surface area contributed by atoms with Gasteiger partial charge in [0.05, 0.1) is 0 Å². The smallest absolute Gasteiger partial charge is 0.408 e. The van der Waals surface area contributed by atoms with Gasteiger partial charge in [-0.05, 0) is 54.0 Å². The quantitative estimate of drug-likeness (QED) is 0.151. The average molecular weight is 425 g/mol. The second-order valence-corrected chi connectivity index (χ2v) is 8.24. The summed E-state index contributed by atoms with van der Waals surface area (Å²) in [6.07, 6.45) is 0.535. The highest BCUT2D eigenvalue weighted by Crippen LogP contribution is 2.14. The summed E-state index contributed by atoms with van der Waals surface area (Å²) in [5.41, 5.74) is -1.96. The molecule has 30 heavy (non-hydrogen) atoms. The second-order valence-electron chi connectivity index (χ2n) is 8.24. The maximum atomic E-state index is 12.4. The summed E-state index contributed by atoms with van der Waals surface area (Å²) in [7, 11) is 0. The fraction of sp³-hybridized carbons (Fsp3) is 0.524. The Morgan fingerprint density at radius 3 is 1.93 bits per heavy atom. The molecule has 0 bridgehead atoms. The third-order valence-corrected chi connectivity index (χ3v) is 3.12. The number of aliphatic hydroxyl groups excluding tert-OH is 1. The van der Waals surface area contributed by atoms with Gasteiger partial charge in [0.1, 0.15) is 28.6 Å². The van der Waals surface area contributed by atoms with Crippen molar-refractivity contribution in [3.63, 3.8) is 0 Å². The van der Waals surface area contributed by atoms with Crippen molar-refractivity contribution in [3.8, 4) is 0 Å². The minimum absolute atomic E-state index is 0.207. The van der Waals surface area contributed by atoms with E-state index in [9.17, 15) is 24.3 Å². The highest BCUT2D eigenvalue weighted by Gasteiger charge is 2.29. The average Bonchev–Trinajstić information content (AvgIpc) is 2.55. The maximum Gasteiger partial charge on any atom is 0.408 e. The number of carbonyl (C=O) groups is 4. The number of rotatable bonds is 8. The van der Waals surface area contributed by atoms with Gasteiger partial charge in [-0.2, -0.15) is 0 Å². The first-order valence-corrected chi connectivity index (χ1v) is 9.25. The molecule has 0 fully saturated rings. The second kappa shape index (κ2) is 11.2. The number of alkyl carbamates (subject to hydrolysis) is 1. The number of aliphatic hydroxyl groups is 1. The lowest BCUT2D eigenvalue weighted by molar-refractivity contribution is -0.158. The van der Waals surface area contributed by atoms with Gasteiger partial charge in [0.15, 0.2) is 0 Å². The largest absolute Gasteiger partial charge is 0.507 e. The first kappa shape index (κ1) is 26.9. The molecule has 1 unspecified atom stereocenters. The number of esters is 3. The van der Waals surface area contributed by atoms with Crippen molar-refractivity contribution < 1.29 is 38.5 Å². The first-order chi connectivity index (χ1) is 13.6. The molecule has 0 aliphatic carbocycles. The van der Waals surface area contributed by atoms with Crippen LogP contribution in [0, 0.1) is 0 Å². The Balaban J connectivity index is 5.18. The van der Waals surface area contributed by atoms with E-state index in [0.717, 1.165) is 12.2 Å². The number of hydrogen-bond acceptors (Lipinski definition) is 8. The van der Waals surface area contributed by atoms with Gasteiger partial charge >= 0.3 is 24.0 Å². The van der Waals surface area contributed by atoms with Crippen LogP contribution in [0.4, 0.5) is 4.79 Å². The van der Waals surface area contributed by atoms with E-state index < -0.39 is 53.4 Å². The van der Waals surface area contributed by atoms with E-state index in [1.807, 2.05) is 0 Å². The molecule has 0 radical (unpaired) electrons. The highest BCUT2D eigenvalue weighted by atomic mass is 16.6. The van der Waals surface area contributed by atoms with E-state index in [1.54, 1.807) is 41.5 Å². The molecule has 0 aromatic rings. The van der Waals surface area contributed by atoms with Gasteiger partial charge in [-0.3, -0.25) is 4.79 Å². The Morgan fingerprint density at radius 2 is 1.50 bits per heavy atom. The fourth-order valence-corrected chi connectivity index (χ4v) is 1.95. The Labute approximate surface area is 176 Å². The van der Waals surface area contributed by atoms with E-state index in [4.69, 9.17) is 9.47 Å². The van der Waals surface area contributed by atoms with Crippen molar-refractivity contribution in [1.82, 2.24) is 5.32 Å². The van der Waals surface area contributed by atoms with Gasteiger partial charge in [-0.15, -0.1) is 0 Å². The summed E-state index contributed by atoms with van der Waals surface area (Å²) in [6, 6.07) is -1.21. The van der Waals surface area contributed by atoms with Crippen LogP contribution in [-0.2, 0) is 28.6 Å². The molecule has 0 aliphatic rings. The topological polar surface area (TPSA) is 128 Å². The van der Waals surface area contributed by atoms with Crippen molar-refractivity contribution in [1.29, 1.82) is 0 Å². The third kappa shape index (κ3) is 11.0. The molecule has 2 N–H and O–H groups in total. The molecule has 1 amide bonds. The van der Waals surface area contributed by atoms with E-state index in [2.05, 4.69) is 23.2 Å². The molecule has 168 valence electrons. The number of ether oxygens (including phenoxy) is 3. The minimum atomic E-state index is -1.21. The van der Waals surface area contributed by atoms with Crippen LogP contribution in [0.15, 0.2) is 36.6 Å². The predicted molar refractivity (Wildman–Crippen MR) is 109 cm³/mol. The van der Waals surface area contributed by atoms with Crippen LogP contribution in [-0.4, -0.2) is 46.4 Å². The van der Waals surface area contributed by atoms with Gasteiger partial charge in [-0.25, -0.2) is 14.4 Å². The molecule has 0 aromatic carbocycles. The van der Waals surface area contributed by atoms with Crippen molar-refractivity contribution in [2.45, 2.75) is 71.6 Å². The van der Waals surface area contributed by atoms with E-state index in [1.165, 1.54) is 0 Å². The molecule has 9 nitrogen and oxygen atoms in total. The van der Waals surface area contributed by atoms with Crippen LogP contribution >= 0.6 is 0 Å². The van der Waals surface area contributed by atoms with Crippen LogP contribution < -0.4 is 5.32 Å². The van der Waals surface area contributed by atoms with Crippen LogP contribution in [0.5, 0.6) is 0 Å². The van der Waals surface area contributed by atoms with E-state index in [-0.39, 0.29) is 12.0 Å². The predicted octanol–water partition coefficient (Wildman–Crippen LogP) is 3.26. The molecule has 9 heteroatoms. The molecule has 0 heterocycles.